The molecular weight excluding hydrogens is 324 g/mol. The highest BCUT2D eigenvalue weighted by atomic mass is 35.5. The van der Waals surface area contributed by atoms with E-state index in [1.165, 1.54) is 0 Å². The molecule has 3 rings (SSSR count). The van der Waals surface area contributed by atoms with Gasteiger partial charge in [0, 0.05) is 16.6 Å². The first-order valence-corrected chi connectivity index (χ1v) is 8.18. The van der Waals surface area contributed by atoms with Gasteiger partial charge in [0.1, 0.15) is 22.9 Å². The van der Waals surface area contributed by atoms with E-state index in [9.17, 15) is 5.21 Å². The molecular formula is C18H19ClN4O. The molecule has 1 aromatic carbocycles. The number of rotatable bonds is 3. The molecule has 1 N–H and O–H groups in total. The van der Waals surface area contributed by atoms with Crippen LogP contribution in [0, 0.1) is 20.8 Å². The molecule has 0 aliphatic heterocycles. The number of hydrogen-bond donors (Lipinski definition) is 1. The predicted molar refractivity (Wildman–Crippen MR) is 96.7 cm³/mol. The van der Waals surface area contributed by atoms with Crippen molar-refractivity contribution in [1.29, 1.82) is 0 Å². The molecule has 0 aliphatic rings. The van der Waals surface area contributed by atoms with Crippen molar-refractivity contribution in [3.63, 3.8) is 0 Å². The van der Waals surface area contributed by atoms with Gasteiger partial charge in [0.2, 0.25) is 0 Å². The van der Waals surface area contributed by atoms with Crippen LogP contribution in [0.25, 0.3) is 16.7 Å². The Morgan fingerprint density at radius 2 is 1.96 bits per heavy atom. The van der Waals surface area contributed by atoms with Gasteiger partial charge in [-0.15, -0.1) is 0 Å². The van der Waals surface area contributed by atoms with Gasteiger partial charge in [0.15, 0.2) is 0 Å². The summed E-state index contributed by atoms with van der Waals surface area (Å²) in [5.41, 5.74) is 5.15. The van der Waals surface area contributed by atoms with Crippen LogP contribution in [0.5, 0.6) is 0 Å². The van der Waals surface area contributed by atoms with Gasteiger partial charge in [0.25, 0.3) is 0 Å². The monoisotopic (exact) mass is 342 g/mol. The molecule has 0 spiro atoms. The van der Waals surface area contributed by atoms with Crippen molar-refractivity contribution < 1.29 is 5.21 Å². The molecule has 6 heteroatoms. The Morgan fingerprint density at radius 3 is 2.58 bits per heavy atom. The minimum atomic E-state index is 0.555. The molecule has 0 atom stereocenters. The number of nitrogens with zero attached hydrogens (tertiary/aromatic N) is 4. The predicted octanol–water partition coefficient (Wildman–Crippen LogP) is 4.59. The maximum absolute atomic E-state index is 9.33. The highest BCUT2D eigenvalue weighted by Gasteiger charge is 2.18. The Kier molecular flexibility index (Phi) is 4.28. The molecule has 2 aromatic heterocycles. The first kappa shape index (κ1) is 16.5. The van der Waals surface area contributed by atoms with Crippen molar-refractivity contribution >= 4 is 28.3 Å². The van der Waals surface area contributed by atoms with E-state index in [4.69, 9.17) is 11.6 Å². The average molecular weight is 343 g/mol. The van der Waals surface area contributed by atoms with Crippen LogP contribution in [0.15, 0.2) is 29.6 Å². The fourth-order valence-corrected chi connectivity index (χ4v) is 3.21. The minimum absolute atomic E-state index is 0.555. The zero-order valence-corrected chi connectivity index (χ0v) is 14.9. The summed E-state index contributed by atoms with van der Waals surface area (Å²) < 4.78 is 2.04. The molecule has 0 unspecified atom stereocenters. The lowest BCUT2D eigenvalue weighted by atomic mass is 10.1. The third-order valence-electron chi connectivity index (χ3n) is 4.09. The van der Waals surface area contributed by atoms with Crippen LogP contribution in [0.3, 0.4) is 0 Å². The van der Waals surface area contributed by atoms with Gasteiger partial charge in [-0.1, -0.05) is 23.7 Å². The van der Waals surface area contributed by atoms with Gasteiger partial charge >= 0.3 is 0 Å². The van der Waals surface area contributed by atoms with Gasteiger partial charge in [0.05, 0.1) is 5.69 Å². The number of fused-ring (bicyclic) bond motifs is 1. The van der Waals surface area contributed by atoms with E-state index in [1.807, 2.05) is 56.7 Å². The number of hydrogen-bond acceptors (Lipinski definition) is 4. The first-order chi connectivity index (χ1) is 11.5. The van der Waals surface area contributed by atoms with Crippen molar-refractivity contribution in [1.82, 2.24) is 14.5 Å². The molecule has 0 bridgehead atoms. The second kappa shape index (κ2) is 6.24. The molecule has 0 radical (unpaired) electrons. The number of benzene rings is 1. The summed E-state index contributed by atoms with van der Waals surface area (Å²) in [5.74, 6) is 0.637. The van der Waals surface area contributed by atoms with Crippen LogP contribution < -0.4 is 0 Å². The minimum Gasteiger partial charge on any atom is -0.411 e. The SMILES string of the molecule is CC/C(=N\O)c1nc(C)nc2c1c(C)cn2-c1ccc(Cl)cc1C. The maximum Gasteiger partial charge on any atom is 0.149 e. The summed E-state index contributed by atoms with van der Waals surface area (Å²) >= 11 is 6.08. The van der Waals surface area contributed by atoms with Crippen molar-refractivity contribution in [3.8, 4) is 5.69 Å². The molecule has 3 aromatic rings. The lowest BCUT2D eigenvalue weighted by molar-refractivity contribution is 0.318. The Morgan fingerprint density at radius 1 is 1.21 bits per heavy atom. The van der Waals surface area contributed by atoms with E-state index in [0.29, 0.717) is 28.7 Å². The smallest absolute Gasteiger partial charge is 0.149 e. The quantitative estimate of drug-likeness (QED) is 0.430. The fraction of sp³-hybridized carbons (Fsp3) is 0.278. The normalized spacial score (nSPS) is 12.1. The maximum atomic E-state index is 9.33. The van der Waals surface area contributed by atoms with E-state index in [2.05, 4.69) is 15.1 Å². The van der Waals surface area contributed by atoms with E-state index >= 15 is 0 Å². The summed E-state index contributed by atoms with van der Waals surface area (Å²) in [6.07, 6.45) is 2.62. The Bertz CT molecular complexity index is 959. The van der Waals surface area contributed by atoms with Crippen molar-refractivity contribution in [2.75, 3.05) is 0 Å². The van der Waals surface area contributed by atoms with E-state index in [-0.39, 0.29) is 0 Å². The summed E-state index contributed by atoms with van der Waals surface area (Å²) in [5, 5.41) is 14.4. The fourth-order valence-electron chi connectivity index (χ4n) is 2.98. The third kappa shape index (κ3) is 2.65. The zero-order valence-electron chi connectivity index (χ0n) is 14.1. The Balaban J connectivity index is 2.37. The highest BCUT2D eigenvalue weighted by Crippen LogP contribution is 2.28. The lowest BCUT2D eigenvalue weighted by Crippen LogP contribution is -2.07. The summed E-state index contributed by atoms with van der Waals surface area (Å²) in [6, 6.07) is 5.78. The standard InChI is InChI=1S/C18H19ClN4O/c1-5-14(22-24)17-16-11(3)9-23(18(16)21-12(4)20-17)15-7-6-13(19)8-10(15)2/h6-9,24H,5H2,1-4H3/b22-14+. The van der Waals surface area contributed by atoms with Crippen molar-refractivity contribution in [2.24, 2.45) is 5.16 Å². The van der Waals surface area contributed by atoms with Crippen molar-refractivity contribution in [3.05, 3.63) is 52.1 Å². The summed E-state index contributed by atoms with van der Waals surface area (Å²) in [7, 11) is 0. The van der Waals surface area contributed by atoms with Gasteiger partial charge < -0.3 is 9.77 Å². The molecule has 24 heavy (non-hydrogen) atoms. The van der Waals surface area contributed by atoms with Crippen LogP contribution >= 0.6 is 11.6 Å². The van der Waals surface area contributed by atoms with Crippen LogP contribution in [0.4, 0.5) is 0 Å². The molecule has 124 valence electrons. The molecule has 2 heterocycles. The van der Waals surface area contributed by atoms with Crippen molar-refractivity contribution in [2.45, 2.75) is 34.1 Å². The van der Waals surface area contributed by atoms with Crippen LogP contribution in [-0.4, -0.2) is 25.5 Å². The van der Waals surface area contributed by atoms with Crippen LogP contribution in [0.2, 0.25) is 5.02 Å². The third-order valence-corrected chi connectivity index (χ3v) is 4.33. The highest BCUT2D eigenvalue weighted by molar-refractivity contribution is 6.30. The number of oxime groups is 1. The number of aromatic nitrogens is 3. The number of halogens is 1. The Labute approximate surface area is 145 Å². The largest absolute Gasteiger partial charge is 0.411 e. The zero-order chi connectivity index (χ0) is 17.4. The Hall–Kier alpha value is -2.40. The van der Waals surface area contributed by atoms with Gasteiger partial charge in [-0.25, -0.2) is 9.97 Å². The molecule has 0 saturated carbocycles. The van der Waals surface area contributed by atoms with Crippen LogP contribution in [-0.2, 0) is 0 Å². The molecule has 0 saturated heterocycles. The lowest BCUT2D eigenvalue weighted by Gasteiger charge is -2.10. The average Bonchev–Trinajstić information content (AvgIpc) is 2.85. The van der Waals surface area contributed by atoms with Gasteiger partial charge in [-0.05, 0) is 56.5 Å². The summed E-state index contributed by atoms with van der Waals surface area (Å²) in [6.45, 7) is 7.81. The second-order valence-electron chi connectivity index (χ2n) is 5.83. The molecule has 0 fully saturated rings. The molecule has 0 amide bonds. The van der Waals surface area contributed by atoms with E-state index in [1.54, 1.807) is 0 Å². The van der Waals surface area contributed by atoms with Gasteiger partial charge in [-0.3, -0.25) is 0 Å². The first-order valence-electron chi connectivity index (χ1n) is 7.80. The van der Waals surface area contributed by atoms with Gasteiger partial charge in [-0.2, -0.15) is 0 Å². The number of aryl methyl sites for hydroxylation is 3. The topological polar surface area (TPSA) is 63.3 Å². The van der Waals surface area contributed by atoms with Crippen LogP contribution in [0.1, 0.15) is 36.0 Å². The molecule has 0 aliphatic carbocycles. The van der Waals surface area contributed by atoms with E-state index < -0.39 is 0 Å². The second-order valence-corrected chi connectivity index (χ2v) is 6.27. The molecule has 5 nitrogen and oxygen atoms in total. The van der Waals surface area contributed by atoms with E-state index in [0.717, 1.165) is 27.8 Å². The summed E-state index contributed by atoms with van der Waals surface area (Å²) in [4.78, 5) is 9.14.